The number of carbonyl (C=O) groups excluding carboxylic acids is 1. The Hall–Kier alpha value is -1.22. The first-order valence-electron chi connectivity index (χ1n) is 7.08. The topological polar surface area (TPSA) is 29.5 Å². The normalized spacial score (nSPS) is 19.8. The lowest BCUT2D eigenvalue weighted by atomic mass is 9.91. The molecular formula is C16H22ClNO2. The van der Waals surface area contributed by atoms with Crippen LogP contribution in [0.2, 0.25) is 5.02 Å². The smallest absolute Gasteiger partial charge is 0.410 e. The molecule has 1 unspecified atom stereocenters. The Labute approximate surface area is 125 Å². The SMILES string of the molecule is CC(C)(C)OC(=O)N1CCCC(c2cccc(Cl)c2)C1. The largest absolute Gasteiger partial charge is 0.444 e. The van der Waals surface area contributed by atoms with E-state index in [0.717, 1.165) is 24.4 Å². The van der Waals surface area contributed by atoms with Crippen molar-refractivity contribution in [3.63, 3.8) is 0 Å². The van der Waals surface area contributed by atoms with E-state index in [9.17, 15) is 4.79 Å². The van der Waals surface area contributed by atoms with E-state index in [-0.39, 0.29) is 6.09 Å². The molecule has 2 rings (SSSR count). The van der Waals surface area contributed by atoms with Gasteiger partial charge in [-0.2, -0.15) is 0 Å². The molecule has 1 aromatic rings. The fourth-order valence-electron chi connectivity index (χ4n) is 2.50. The first-order valence-corrected chi connectivity index (χ1v) is 7.46. The lowest BCUT2D eigenvalue weighted by molar-refractivity contribution is 0.0198. The van der Waals surface area contributed by atoms with E-state index in [4.69, 9.17) is 16.3 Å². The van der Waals surface area contributed by atoms with Crippen molar-refractivity contribution in [3.8, 4) is 0 Å². The van der Waals surface area contributed by atoms with Gasteiger partial charge in [-0.15, -0.1) is 0 Å². The highest BCUT2D eigenvalue weighted by Gasteiger charge is 2.28. The van der Waals surface area contributed by atoms with Gasteiger partial charge in [0.15, 0.2) is 0 Å². The monoisotopic (exact) mass is 295 g/mol. The van der Waals surface area contributed by atoms with Crippen molar-refractivity contribution in [2.45, 2.75) is 45.1 Å². The molecule has 1 aromatic carbocycles. The van der Waals surface area contributed by atoms with Gasteiger partial charge in [0, 0.05) is 24.0 Å². The van der Waals surface area contributed by atoms with Crippen LogP contribution in [0, 0.1) is 0 Å². The molecule has 1 aliphatic rings. The summed E-state index contributed by atoms with van der Waals surface area (Å²) in [6.07, 6.45) is 1.86. The minimum Gasteiger partial charge on any atom is -0.444 e. The van der Waals surface area contributed by atoms with Crippen LogP contribution in [0.25, 0.3) is 0 Å². The average Bonchev–Trinajstić information content (AvgIpc) is 2.37. The zero-order valence-corrected chi connectivity index (χ0v) is 13.1. The van der Waals surface area contributed by atoms with Gasteiger partial charge in [0.25, 0.3) is 0 Å². The lowest BCUT2D eigenvalue weighted by Crippen LogP contribution is -2.42. The van der Waals surface area contributed by atoms with Crippen LogP contribution in [0.5, 0.6) is 0 Å². The number of hydrogen-bond donors (Lipinski definition) is 0. The van der Waals surface area contributed by atoms with Gasteiger partial charge in [-0.05, 0) is 51.3 Å². The van der Waals surface area contributed by atoms with Gasteiger partial charge in [0.1, 0.15) is 5.60 Å². The van der Waals surface area contributed by atoms with Crippen molar-refractivity contribution in [1.29, 1.82) is 0 Å². The third kappa shape index (κ3) is 4.14. The Kier molecular flexibility index (Phi) is 4.59. The number of ether oxygens (including phenoxy) is 1. The summed E-state index contributed by atoms with van der Waals surface area (Å²) < 4.78 is 5.45. The van der Waals surface area contributed by atoms with Crippen molar-refractivity contribution in [2.75, 3.05) is 13.1 Å². The second-order valence-corrected chi connectivity index (χ2v) is 6.76. The Morgan fingerprint density at radius 3 is 2.80 bits per heavy atom. The molecule has 0 spiro atoms. The van der Waals surface area contributed by atoms with Crippen molar-refractivity contribution < 1.29 is 9.53 Å². The molecule has 1 atom stereocenters. The van der Waals surface area contributed by atoms with Gasteiger partial charge in [-0.3, -0.25) is 0 Å². The van der Waals surface area contributed by atoms with Crippen molar-refractivity contribution in [2.24, 2.45) is 0 Å². The molecule has 4 heteroatoms. The van der Waals surface area contributed by atoms with Gasteiger partial charge in [0.2, 0.25) is 0 Å². The van der Waals surface area contributed by atoms with E-state index in [1.54, 1.807) is 4.90 Å². The molecule has 1 heterocycles. The first-order chi connectivity index (χ1) is 9.35. The average molecular weight is 296 g/mol. The molecule has 1 aliphatic heterocycles. The maximum atomic E-state index is 12.1. The fourth-order valence-corrected chi connectivity index (χ4v) is 2.70. The molecule has 1 fully saturated rings. The highest BCUT2D eigenvalue weighted by atomic mass is 35.5. The molecule has 0 radical (unpaired) electrons. The molecule has 0 bridgehead atoms. The number of amides is 1. The number of halogens is 1. The summed E-state index contributed by atoms with van der Waals surface area (Å²) in [5.74, 6) is 0.343. The second kappa shape index (κ2) is 6.04. The van der Waals surface area contributed by atoms with Gasteiger partial charge in [-0.1, -0.05) is 23.7 Å². The van der Waals surface area contributed by atoms with E-state index in [0.29, 0.717) is 12.5 Å². The number of benzene rings is 1. The fraction of sp³-hybridized carbons (Fsp3) is 0.562. The third-order valence-electron chi connectivity index (χ3n) is 3.39. The Balaban J connectivity index is 2.03. The minimum absolute atomic E-state index is 0.218. The van der Waals surface area contributed by atoms with Crippen LogP contribution in [0.1, 0.15) is 45.1 Å². The van der Waals surface area contributed by atoms with Crippen molar-refractivity contribution in [1.82, 2.24) is 4.90 Å². The Morgan fingerprint density at radius 2 is 2.15 bits per heavy atom. The van der Waals surface area contributed by atoms with E-state index in [1.165, 1.54) is 5.56 Å². The van der Waals surface area contributed by atoms with Gasteiger partial charge >= 0.3 is 6.09 Å². The zero-order valence-electron chi connectivity index (χ0n) is 12.4. The summed E-state index contributed by atoms with van der Waals surface area (Å²) in [5, 5.41) is 0.747. The molecule has 0 N–H and O–H groups in total. The van der Waals surface area contributed by atoms with E-state index >= 15 is 0 Å². The van der Waals surface area contributed by atoms with Crippen LogP contribution in [-0.2, 0) is 4.74 Å². The number of hydrogen-bond acceptors (Lipinski definition) is 2. The molecule has 20 heavy (non-hydrogen) atoms. The van der Waals surface area contributed by atoms with Gasteiger partial charge < -0.3 is 9.64 Å². The molecule has 0 saturated carbocycles. The maximum absolute atomic E-state index is 12.1. The maximum Gasteiger partial charge on any atom is 0.410 e. The minimum atomic E-state index is -0.444. The summed E-state index contributed by atoms with van der Waals surface area (Å²) in [5.41, 5.74) is 0.755. The number of likely N-dealkylation sites (tertiary alicyclic amines) is 1. The molecular weight excluding hydrogens is 274 g/mol. The van der Waals surface area contributed by atoms with Crippen LogP contribution >= 0.6 is 11.6 Å². The Morgan fingerprint density at radius 1 is 1.40 bits per heavy atom. The van der Waals surface area contributed by atoms with Crippen LogP contribution < -0.4 is 0 Å². The predicted octanol–water partition coefficient (Wildman–Crippen LogP) is 4.45. The highest BCUT2D eigenvalue weighted by Crippen LogP contribution is 2.29. The van der Waals surface area contributed by atoms with Crippen molar-refractivity contribution in [3.05, 3.63) is 34.9 Å². The summed E-state index contributed by atoms with van der Waals surface area (Å²) in [4.78, 5) is 13.9. The van der Waals surface area contributed by atoms with Crippen LogP contribution in [0.4, 0.5) is 4.79 Å². The molecule has 1 saturated heterocycles. The summed E-state index contributed by atoms with van der Waals surface area (Å²) >= 11 is 6.04. The summed E-state index contributed by atoms with van der Waals surface area (Å²) in [6, 6.07) is 7.91. The number of nitrogens with zero attached hydrogens (tertiary/aromatic N) is 1. The standard InChI is InChI=1S/C16H22ClNO2/c1-16(2,3)20-15(19)18-9-5-7-13(11-18)12-6-4-8-14(17)10-12/h4,6,8,10,13H,5,7,9,11H2,1-3H3. The van der Waals surface area contributed by atoms with E-state index in [1.807, 2.05) is 39.0 Å². The molecule has 3 nitrogen and oxygen atoms in total. The zero-order chi connectivity index (χ0) is 14.8. The second-order valence-electron chi connectivity index (χ2n) is 6.32. The number of rotatable bonds is 1. The van der Waals surface area contributed by atoms with Crippen LogP contribution in [0.3, 0.4) is 0 Å². The predicted molar refractivity (Wildman–Crippen MR) is 81.2 cm³/mol. The summed E-state index contributed by atoms with van der Waals surface area (Å²) in [7, 11) is 0. The van der Waals surface area contributed by atoms with Crippen LogP contribution in [0.15, 0.2) is 24.3 Å². The first kappa shape index (κ1) is 15.2. The number of piperidine rings is 1. The molecule has 110 valence electrons. The third-order valence-corrected chi connectivity index (χ3v) is 3.63. The van der Waals surface area contributed by atoms with Gasteiger partial charge in [0.05, 0.1) is 0 Å². The molecule has 0 aromatic heterocycles. The van der Waals surface area contributed by atoms with E-state index < -0.39 is 5.60 Å². The quantitative estimate of drug-likeness (QED) is 0.766. The molecule has 0 aliphatic carbocycles. The number of carbonyl (C=O) groups is 1. The van der Waals surface area contributed by atoms with Crippen molar-refractivity contribution >= 4 is 17.7 Å². The van der Waals surface area contributed by atoms with Crippen LogP contribution in [-0.4, -0.2) is 29.7 Å². The van der Waals surface area contributed by atoms with Gasteiger partial charge in [-0.25, -0.2) is 4.79 Å². The Bertz CT molecular complexity index is 482. The summed E-state index contributed by atoms with van der Waals surface area (Å²) in [6.45, 7) is 7.15. The molecule has 1 amide bonds. The highest BCUT2D eigenvalue weighted by molar-refractivity contribution is 6.30. The lowest BCUT2D eigenvalue weighted by Gasteiger charge is -2.34. The van der Waals surface area contributed by atoms with E-state index in [2.05, 4.69) is 6.07 Å².